The van der Waals surface area contributed by atoms with Crippen LogP contribution in [0.15, 0.2) is 0 Å². The van der Waals surface area contributed by atoms with Crippen LogP contribution in [-0.2, 0) is 0 Å². The molecule has 2 heteroatoms. The second-order valence-electron chi connectivity index (χ2n) is 2.80. The highest BCUT2D eigenvalue weighted by Gasteiger charge is 2.20. The fraction of sp³-hybridized carbons (Fsp3) is 1.00. The van der Waals surface area contributed by atoms with E-state index in [1.165, 1.54) is 6.42 Å². The molecule has 1 aliphatic heterocycles. The quantitative estimate of drug-likeness (QED) is 0.564. The number of aliphatic hydroxyl groups is 1. The molecule has 54 valence electrons. The van der Waals surface area contributed by atoms with E-state index in [4.69, 9.17) is 5.11 Å². The average molecular weight is 129 g/mol. The molecule has 0 radical (unpaired) electrons. The number of hydrogen-bond acceptors (Lipinski definition) is 2. The van der Waals surface area contributed by atoms with Gasteiger partial charge in [-0.15, -0.1) is 0 Å². The first-order chi connectivity index (χ1) is 4.36. The molecule has 0 saturated carbocycles. The van der Waals surface area contributed by atoms with Crippen LogP contribution in [-0.4, -0.2) is 24.3 Å². The summed E-state index contributed by atoms with van der Waals surface area (Å²) in [5, 5.41) is 12.0. The molecule has 0 aliphatic carbocycles. The van der Waals surface area contributed by atoms with E-state index in [9.17, 15) is 0 Å². The topological polar surface area (TPSA) is 32.3 Å². The monoisotopic (exact) mass is 129 g/mol. The Morgan fingerprint density at radius 1 is 1.67 bits per heavy atom. The highest BCUT2D eigenvalue weighted by molar-refractivity contribution is 4.79. The first-order valence-corrected chi connectivity index (χ1v) is 3.71. The van der Waals surface area contributed by atoms with E-state index in [1.807, 2.05) is 0 Å². The highest BCUT2D eigenvalue weighted by atomic mass is 16.3. The van der Waals surface area contributed by atoms with Crippen molar-refractivity contribution in [2.45, 2.75) is 25.8 Å². The Balaban J connectivity index is 2.20. The van der Waals surface area contributed by atoms with Crippen LogP contribution in [0.3, 0.4) is 0 Å². The predicted molar refractivity (Wildman–Crippen MR) is 37.3 cm³/mol. The maximum Gasteiger partial charge on any atom is 0.0584 e. The van der Waals surface area contributed by atoms with Gasteiger partial charge < -0.3 is 10.4 Å². The van der Waals surface area contributed by atoms with E-state index >= 15 is 0 Å². The Bertz CT molecular complexity index is 75.0. The smallest absolute Gasteiger partial charge is 0.0584 e. The maximum atomic E-state index is 8.72. The van der Waals surface area contributed by atoms with Gasteiger partial charge in [0.25, 0.3) is 0 Å². The van der Waals surface area contributed by atoms with Crippen LogP contribution >= 0.6 is 0 Å². The predicted octanol–water partition coefficient (Wildman–Crippen LogP) is 0.367. The molecule has 1 rings (SSSR count). The molecule has 2 nitrogen and oxygen atoms in total. The fourth-order valence-electron chi connectivity index (χ4n) is 1.35. The Morgan fingerprint density at radius 3 is 2.78 bits per heavy atom. The normalized spacial score (nSPS) is 35.3. The van der Waals surface area contributed by atoms with Gasteiger partial charge in [-0.1, -0.05) is 13.3 Å². The SMILES string of the molecule is CC[C@H]1CN[C@H](CO)C1. The number of nitrogens with one attached hydrogen (secondary N) is 1. The molecular weight excluding hydrogens is 114 g/mol. The molecule has 1 heterocycles. The van der Waals surface area contributed by atoms with Gasteiger partial charge in [0.2, 0.25) is 0 Å². The maximum absolute atomic E-state index is 8.72. The minimum Gasteiger partial charge on any atom is -0.395 e. The minimum absolute atomic E-state index is 0.302. The van der Waals surface area contributed by atoms with Gasteiger partial charge in [-0.3, -0.25) is 0 Å². The van der Waals surface area contributed by atoms with Crippen molar-refractivity contribution in [3.05, 3.63) is 0 Å². The highest BCUT2D eigenvalue weighted by Crippen LogP contribution is 2.15. The van der Waals surface area contributed by atoms with E-state index in [0.717, 1.165) is 18.9 Å². The van der Waals surface area contributed by atoms with Crippen LogP contribution in [0, 0.1) is 5.92 Å². The zero-order chi connectivity index (χ0) is 6.69. The number of rotatable bonds is 2. The Kier molecular flexibility index (Phi) is 2.49. The summed E-state index contributed by atoms with van der Waals surface area (Å²) in [6, 6.07) is 0.384. The van der Waals surface area contributed by atoms with Crippen LogP contribution in [0.25, 0.3) is 0 Å². The van der Waals surface area contributed by atoms with Gasteiger partial charge in [0.15, 0.2) is 0 Å². The van der Waals surface area contributed by atoms with Crippen LogP contribution in [0.2, 0.25) is 0 Å². The van der Waals surface area contributed by atoms with Crippen LogP contribution in [0.1, 0.15) is 19.8 Å². The van der Waals surface area contributed by atoms with Gasteiger partial charge in [-0.2, -0.15) is 0 Å². The van der Waals surface area contributed by atoms with Crippen molar-refractivity contribution < 1.29 is 5.11 Å². The van der Waals surface area contributed by atoms with E-state index in [0.29, 0.717) is 12.6 Å². The fourth-order valence-corrected chi connectivity index (χ4v) is 1.35. The number of aliphatic hydroxyl groups excluding tert-OH is 1. The zero-order valence-electron chi connectivity index (χ0n) is 5.93. The molecule has 9 heavy (non-hydrogen) atoms. The Labute approximate surface area is 56.3 Å². The molecule has 2 N–H and O–H groups in total. The van der Waals surface area contributed by atoms with E-state index in [2.05, 4.69) is 12.2 Å². The molecule has 0 aromatic rings. The third kappa shape index (κ3) is 1.66. The third-order valence-electron chi connectivity index (χ3n) is 2.11. The molecule has 0 spiro atoms. The lowest BCUT2D eigenvalue weighted by Gasteiger charge is -2.03. The van der Waals surface area contributed by atoms with Crippen molar-refractivity contribution in [3.63, 3.8) is 0 Å². The number of hydrogen-bond donors (Lipinski definition) is 2. The lowest BCUT2D eigenvalue weighted by molar-refractivity contribution is 0.252. The first kappa shape index (κ1) is 7.03. The summed E-state index contributed by atoms with van der Waals surface area (Å²) in [5.41, 5.74) is 0. The lowest BCUT2D eigenvalue weighted by Crippen LogP contribution is -2.24. The van der Waals surface area contributed by atoms with Crippen molar-refractivity contribution in [2.24, 2.45) is 5.92 Å². The van der Waals surface area contributed by atoms with Gasteiger partial charge in [0.1, 0.15) is 0 Å². The largest absolute Gasteiger partial charge is 0.395 e. The molecule has 0 bridgehead atoms. The average Bonchev–Trinajstić information content (AvgIpc) is 2.34. The summed E-state index contributed by atoms with van der Waals surface area (Å²) in [5.74, 6) is 0.808. The summed E-state index contributed by atoms with van der Waals surface area (Å²) < 4.78 is 0. The summed E-state index contributed by atoms with van der Waals surface area (Å²) in [4.78, 5) is 0. The van der Waals surface area contributed by atoms with E-state index in [-0.39, 0.29) is 0 Å². The summed E-state index contributed by atoms with van der Waals surface area (Å²) >= 11 is 0. The van der Waals surface area contributed by atoms with Gasteiger partial charge >= 0.3 is 0 Å². The lowest BCUT2D eigenvalue weighted by atomic mass is 10.0. The second-order valence-corrected chi connectivity index (χ2v) is 2.80. The second kappa shape index (κ2) is 3.18. The molecule has 1 aliphatic rings. The molecule has 0 unspecified atom stereocenters. The van der Waals surface area contributed by atoms with Crippen LogP contribution < -0.4 is 5.32 Å². The van der Waals surface area contributed by atoms with Crippen molar-refractivity contribution in [1.29, 1.82) is 0 Å². The van der Waals surface area contributed by atoms with Crippen LogP contribution in [0.4, 0.5) is 0 Å². The van der Waals surface area contributed by atoms with Gasteiger partial charge in [0, 0.05) is 6.04 Å². The molecule has 0 aromatic carbocycles. The van der Waals surface area contributed by atoms with Crippen molar-refractivity contribution in [1.82, 2.24) is 5.32 Å². The van der Waals surface area contributed by atoms with Gasteiger partial charge in [0.05, 0.1) is 6.61 Å². The Morgan fingerprint density at radius 2 is 2.44 bits per heavy atom. The van der Waals surface area contributed by atoms with Crippen molar-refractivity contribution >= 4 is 0 Å². The molecule has 1 fully saturated rings. The molecule has 0 amide bonds. The molecule has 1 saturated heterocycles. The standard InChI is InChI=1S/C7H15NO/c1-2-6-3-7(5-9)8-4-6/h6-9H,2-5H2,1H3/t6-,7+/m1/s1. The molecule has 0 aromatic heterocycles. The molecule has 2 atom stereocenters. The van der Waals surface area contributed by atoms with Crippen molar-refractivity contribution in [2.75, 3.05) is 13.2 Å². The molecular formula is C7H15NO. The first-order valence-electron chi connectivity index (χ1n) is 3.71. The summed E-state index contributed by atoms with van der Waals surface area (Å²) in [7, 11) is 0. The van der Waals surface area contributed by atoms with Gasteiger partial charge in [-0.05, 0) is 18.9 Å². The van der Waals surface area contributed by atoms with E-state index < -0.39 is 0 Å². The Hall–Kier alpha value is -0.0800. The minimum atomic E-state index is 0.302. The van der Waals surface area contributed by atoms with Crippen LogP contribution in [0.5, 0.6) is 0 Å². The van der Waals surface area contributed by atoms with E-state index in [1.54, 1.807) is 0 Å². The van der Waals surface area contributed by atoms with Crippen molar-refractivity contribution in [3.8, 4) is 0 Å². The van der Waals surface area contributed by atoms with Gasteiger partial charge in [-0.25, -0.2) is 0 Å². The third-order valence-corrected chi connectivity index (χ3v) is 2.11. The summed E-state index contributed by atoms with van der Waals surface area (Å²) in [6.45, 7) is 3.60. The zero-order valence-corrected chi connectivity index (χ0v) is 5.93. The summed E-state index contributed by atoms with van der Waals surface area (Å²) in [6.07, 6.45) is 2.40.